The monoisotopic (exact) mass is 445 g/mol. The van der Waals surface area contributed by atoms with E-state index in [0.717, 1.165) is 35.2 Å². The summed E-state index contributed by atoms with van der Waals surface area (Å²) in [5.41, 5.74) is 1.42. The number of nitrogens with zero attached hydrogens (tertiary/aromatic N) is 1. The van der Waals surface area contributed by atoms with Crippen LogP contribution >= 0.6 is 0 Å². The van der Waals surface area contributed by atoms with E-state index in [0.29, 0.717) is 22.3 Å². The SMILES string of the molecule is FC(F)(F)c1cccc(Cc2cc(Cc3cccc(C(F)(F)F)c3)c3ccccc3n2)c1. The maximum absolute atomic E-state index is 13.1. The first-order valence-corrected chi connectivity index (χ1v) is 9.79. The zero-order valence-corrected chi connectivity index (χ0v) is 16.6. The normalized spacial score (nSPS) is 12.3. The highest BCUT2D eigenvalue weighted by Gasteiger charge is 2.31. The zero-order valence-electron chi connectivity index (χ0n) is 16.6. The summed E-state index contributed by atoms with van der Waals surface area (Å²) in [6.45, 7) is 0. The first kappa shape index (κ1) is 21.9. The van der Waals surface area contributed by atoms with Crippen molar-refractivity contribution in [1.82, 2.24) is 4.98 Å². The number of rotatable bonds is 4. The highest BCUT2D eigenvalue weighted by atomic mass is 19.4. The molecule has 0 fully saturated rings. The average Bonchev–Trinajstić information content (AvgIpc) is 2.73. The van der Waals surface area contributed by atoms with Gasteiger partial charge in [-0.15, -0.1) is 0 Å². The molecule has 32 heavy (non-hydrogen) atoms. The fourth-order valence-electron chi connectivity index (χ4n) is 3.69. The van der Waals surface area contributed by atoms with Gasteiger partial charge in [0.15, 0.2) is 0 Å². The maximum Gasteiger partial charge on any atom is 0.416 e. The van der Waals surface area contributed by atoms with E-state index in [-0.39, 0.29) is 12.8 Å². The van der Waals surface area contributed by atoms with Crippen LogP contribution in [0.3, 0.4) is 0 Å². The molecule has 1 heterocycles. The Hall–Kier alpha value is -3.35. The second-order valence-electron chi connectivity index (χ2n) is 7.54. The van der Waals surface area contributed by atoms with Crippen molar-refractivity contribution < 1.29 is 26.3 Å². The average molecular weight is 445 g/mol. The summed E-state index contributed by atoms with van der Waals surface area (Å²) in [7, 11) is 0. The van der Waals surface area contributed by atoms with Gasteiger partial charge in [-0.2, -0.15) is 26.3 Å². The molecule has 0 bridgehead atoms. The fraction of sp³-hybridized carbons (Fsp3) is 0.160. The van der Waals surface area contributed by atoms with Gasteiger partial charge in [-0.25, -0.2) is 0 Å². The Labute approximate surface area is 180 Å². The number of halogens is 6. The van der Waals surface area contributed by atoms with Crippen molar-refractivity contribution in [3.63, 3.8) is 0 Å². The lowest BCUT2D eigenvalue weighted by molar-refractivity contribution is -0.138. The molecule has 0 N–H and O–H groups in total. The summed E-state index contributed by atoms with van der Waals surface area (Å²) in [6, 6.07) is 19.1. The number of benzene rings is 3. The Bertz CT molecular complexity index is 1260. The molecule has 1 nitrogen and oxygen atoms in total. The van der Waals surface area contributed by atoms with E-state index >= 15 is 0 Å². The van der Waals surface area contributed by atoms with Crippen molar-refractivity contribution in [2.24, 2.45) is 0 Å². The molecule has 0 aliphatic carbocycles. The quantitative estimate of drug-likeness (QED) is 0.297. The smallest absolute Gasteiger partial charge is 0.252 e. The number of fused-ring (bicyclic) bond motifs is 1. The van der Waals surface area contributed by atoms with Crippen molar-refractivity contribution in [3.8, 4) is 0 Å². The summed E-state index contributed by atoms with van der Waals surface area (Å²) in [5, 5.41) is 0.790. The summed E-state index contributed by atoms with van der Waals surface area (Å²) in [5.74, 6) is 0. The number of pyridine rings is 1. The highest BCUT2D eigenvalue weighted by Crippen LogP contribution is 2.32. The predicted octanol–water partition coefficient (Wildman–Crippen LogP) is 7.45. The second-order valence-corrected chi connectivity index (χ2v) is 7.54. The molecule has 0 saturated carbocycles. The van der Waals surface area contributed by atoms with Gasteiger partial charge in [0.25, 0.3) is 0 Å². The Morgan fingerprint density at radius 3 is 1.75 bits per heavy atom. The highest BCUT2D eigenvalue weighted by molar-refractivity contribution is 5.82. The minimum Gasteiger partial charge on any atom is -0.252 e. The number of hydrogen-bond acceptors (Lipinski definition) is 1. The third-order valence-electron chi connectivity index (χ3n) is 5.14. The van der Waals surface area contributed by atoms with E-state index in [1.54, 1.807) is 30.3 Å². The van der Waals surface area contributed by atoms with E-state index in [2.05, 4.69) is 4.98 Å². The Kier molecular flexibility index (Phi) is 5.67. The van der Waals surface area contributed by atoms with Crippen LogP contribution in [0.4, 0.5) is 26.3 Å². The first-order valence-electron chi connectivity index (χ1n) is 9.79. The van der Waals surface area contributed by atoms with Crippen LogP contribution in [0.2, 0.25) is 0 Å². The van der Waals surface area contributed by atoms with Gasteiger partial charge < -0.3 is 0 Å². The molecule has 4 aromatic rings. The lowest BCUT2D eigenvalue weighted by Gasteiger charge is -2.13. The van der Waals surface area contributed by atoms with Gasteiger partial charge >= 0.3 is 12.4 Å². The first-order chi connectivity index (χ1) is 15.1. The lowest BCUT2D eigenvalue weighted by atomic mass is 9.97. The van der Waals surface area contributed by atoms with Gasteiger partial charge in [0.2, 0.25) is 0 Å². The topological polar surface area (TPSA) is 12.9 Å². The minimum absolute atomic E-state index is 0.171. The Morgan fingerprint density at radius 1 is 0.594 bits per heavy atom. The molecule has 0 spiro atoms. The molecule has 0 aliphatic heterocycles. The molecular formula is C25H17F6N. The van der Waals surface area contributed by atoms with Crippen LogP contribution in [0.5, 0.6) is 0 Å². The molecule has 3 aromatic carbocycles. The molecule has 164 valence electrons. The van der Waals surface area contributed by atoms with Crippen LogP contribution < -0.4 is 0 Å². The molecule has 0 radical (unpaired) electrons. The molecule has 0 atom stereocenters. The summed E-state index contributed by atoms with van der Waals surface area (Å²) >= 11 is 0. The Balaban J connectivity index is 1.71. The third-order valence-corrected chi connectivity index (χ3v) is 5.14. The largest absolute Gasteiger partial charge is 0.416 e. The lowest BCUT2D eigenvalue weighted by Crippen LogP contribution is -2.06. The van der Waals surface area contributed by atoms with Gasteiger partial charge in [0.1, 0.15) is 0 Å². The zero-order chi connectivity index (χ0) is 22.9. The van der Waals surface area contributed by atoms with E-state index in [9.17, 15) is 26.3 Å². The molecule has 0 saturated heterocycles. The molecule has 1 aromatic heterocycles. The van der Waals surface area contributed by atoms with Crippen molar-refractivity contribution in [2.45, 2.75) is 25.2 Å². The number of aromatic nitrogens is 1. The van der Waals surface area contributed by atoms with Gasteiger partial charge in [-0.1, -0.05) is 54.6 Å². The Morgan fingerprint density at radius 2 is 1.16 bits per heavy atom. The predicted molar refractivity (Wildman–Crippen MR) is 110 cm³/mol. The minimum atomic E-state index is -4.44. The number of para-hydroxylation sites is 1. The van der Waals surface area contributed by atoms with Crippen molar-refractivity contribution in [3.05, 3.63) is 112 Å². The fourth-order valence-corrected chi connectivity index (χ4v) is 3.69. The van der Waals surface area contributed by atoms with Crippen LogP contribution in [0.15, 0.2) is 78.9 Å². The van der Waals surface area contributed by atoms with E-state index in [1.165, 1.54) is 12.1 Å². The van der Waals surface area contributed by atoms with Crippen LogP contribution in [0.1, 0.15) is 33.5 Å². The van der Waals surface area contributed by atoms with Crippen LogP contribution in [-0.2, 0) is 25.2 Å². The van der Waals surface area contributed by atoms with Crippen LogP contribution in [0.25, 0.3) is 10.9 Å². The van der Waals surface area contributed by atoms with Crippen molar-refractivity contribution in [1.29, 1.82) is 0 Å². The number of alkyl halides is 6. The van der Waals surface area contributed by atoms with Crippen LogP contribution in [0, 0.1) is 0 Å². The second kappa shape index (κ2) is 8.30. The molecule has 0 unspecified atom stereocenters. The molecular weight excluding hydrogens is 428 g/mol. The summed E-state index contributed by atoms with van der Waals surface area (Å²) in [6.07, 6.45) is -8.47. The van der Waals surface area contributed by atoms with Crippen LogP contribution in [-0.4, -0.2) is 4.98 Å². The van der Waals surface area contributed by atoms with Crippen molar-refractivity contribution in [2.75, 3.05) is 0 Å². The van der Waals surface area contributed by atoms with Gasteiger partial charge in [-0.05, 0) is 47.4 Å². The molecule has 4 rings (SSSR count). The number of hydrogen-bond donors (Lipinski definition) is 0. The van der Waals surface area contributed by atoms with Crippen molar-refractivity contribution >= 4 is 10.9 Å². The van der Waals surface area contributed by atoms with Gasteiger partial charge in [0.05, 0.1) is 16.6 Å². The maximum atomic E-state index is 13.1. The van der Waals surface area contributed by atoms with Gasteiger partial charge in [-0.3, -0.25) is 4.98 Å². The summed E-state index contributed by atoms with van der Waals surface area (Å²) < 4.78 is 78.4. The third kappa shape index (κ3) is 4.93. The molecule has 7 heteroatoms. The van der Waals surface area contributed by atoms with Gasteiger partial charge in [0, 0.05) is 17.5 Å². The standard InChI is InChI=1S/C25H17F6N/c26-24(27,28)19-7-3-5-16(12-19)11-18-15-21(32-23-10-2-1-9-22(18)23)14-17-6-4-8-20(13-17)25(29,30)31/h1-10,12-13,15H,11,14H2. The van der Waals surface area contributed by atoms with E-state index in [4.69, 9.17) is 0 Å². The molecule has 0 aliphatic rings. The molecule has 0 amide bonds. The summed E-state index contributed by atoms with van der Waals surface area (Å²) in [4.78, 5) is 4.56. The van der Waals surface area contributed by atoms with E-state index < -0.39 is 23.5 Å². The van der Waals surface area contributed by atoms with E-state index in [1.807, 2.05) is 12.1 Å².